The van der Waals surface area contributed by atoms with Crippen LogP contribution in [0.25, 0.3) is 0 Å². The summed E-state index contributed by atoms with van der Waals surface area (Å²) >= 11 is 0. The molecule has 5 nitrogen and oxygen atoms in total. The van der Waals surface area contributed by atoms with Crippen molar-refractivity contribution in [2.75, 3.05) is 19.7 Å². The molecule has 1 N–H and O–H groups in total. The topological polar surface area (TPSA) is 58.2 Å². The minimum Gasteiger partial charge on any atom is -0.375 e. The molecule has 2 unspecified atom stereocenters. The monoisotopic (exact) mass is 313 g/mol. The van der Waals surface area contributed by atoms with Gasteiger partial charge in [0.1, 0.15) is 5.82 Å². The molecule has 1 aliphatic rings. The second kappa shape index (κ2) is 7.06. The first-order valence-corrected chi connectivity index (χ1v) is 8.09. The van der Waals surface area contributed by atoms with Crippen LogP contribution in [0, 0.1) is 6.92 Å². The van der Waals surface area contributed by atoms with Crippen molar-refractivity contribution in [3.05, 3.63) is 63.8 Å². The van der Waals surface area contributed by atoms with Crippen molar-refractivity contribution < 1.29 is 4.74 Å². The quantitative estimate of drug-likeness (QED) is 0.939. The van der Waals surface area contributed by atoms with Crippen LogP contribution in [0.15, 0.2) is 41.2 Å². The highest BCUT2D eigenvalue weighted by atomic mass is 16.5. The summed E-state index contributed by atoms with van der Waals surface area (Å²) in [6.45, 7) is 6.33. The Morgan fingerprint density at radius 2 is 2.17 bits per heavy atom. The first-order chi connectivity index (χ1) is 11.1. The number of rotatable bonds is 4. The van der Waals surface area contributed by atoms with Gasteiger partial charge in [0.25, 0.3) is 5.56 Å². The summed E-state index contributed by atoms with van der Waals surface area (Å²) in [7, 11) is 0. The summed E-state index contributed by atoms with van der Waals surface area (Å²) in [4.78, 5) is 21.3. The Balaban J connectivity index is 1.69. The lowest BCUT2D eigenvalue weighted by molar-refractivity contribution is -0.0417. The number of nitrogens with zero attached hydrogens (tertiary/aromatic N) is 2. The fourth-order valence-electron chi connectivity index (χ4n) is 3.07. The Kier molecular flexibility index (Phi) is 4.88. The minimum atomic E-state index is -0.0894. The van der Waals surface area contributed by atoms with Crippen molar-refractivity contribution in [2.24, 2.45) is 0 Å². The molecule has 1 saturated heterocycles. The van der Waals surface area contributed by atoms with Gasteiger partial charge in [0.05, 0.1) is 18.8 Å². The Morgan fingerprint density at radius 1 is 1.39 bits per heavy atom. The molecule has 122 valence electrons. The fourth-order valence-corrected chi connectivity index (χ4v) is 3.07. The van der Waals surface area contributed by atoms with E-state index in [1.165, 1.54) is 11.6 Å². The second-order valence-corrected chi connectivity index (χ2v) is 6.13. The maximum atomic E-state index is 11.7. The highest BCUT2D eigenvalue weighted by Gasteiger charge is 2.26. The molecule has 5 heteroatoms. The van der Waals surface area contributed by atoms with Gasteiger partial charge in [0, 0.05) is 24.8 Å². The molecule has 0 spiro atoms. The lowest BCUT2D eigenvalue weighted by atomic mass is 10.1. The molecule has 0 amide bonds. The number of hydrogen-bond donors (Lipinski definition) is 1. The van der Waals surface area contributed by atoms with Crippen molar-refractivity contribution in [3.8, 4) is 0 Å². The summed E-state index contributed by atoms with van der Waals surface area (Å²) in [5, 5.41) is 0. The van der Waals surface area contributed by atoms with Crippen molar-refractivity contribution in [1.29, 1.82) is 0 Å². The van der Waals surface area contributed by atoms with E-state index in [-0.39, 0.29) is 17.7 Å². The SMILES string of the molecule is Cc1cc(=O)[nH]c(C(C)N2CCOC(Cc3ccccc3)C2)n1. The molecule has 23 heavy (non-hydrogen) atoms. The molecule has 3 rings (SSSR count). The van der Waals surface area contributed by atoms with Crippen molar-refractivity contribution in [1.82, 2.24) is 14.9 Å². The summed E-state index contributed by atoms with van der Waals surface area (Å²) < 4.78 is 5.91. The third kappa shape index (κ3) is 4.06. The van der Waals surface area contributed by atoms with Crippen molar-refractivity contribution in [2.45, 2.75) is 32.4 Å². The van der Waals surface area contributed by atoms with Crippen molar-refractivity contribution in [3.63, 3.8) is 0 Å². The van der Waals surface area contributed by atoms with Crippen LogP contribution in [0.5, 0.6) is 0 Å². The summed E-state index contributed by atoms with van der Waals surface area (Å²) in [6, 6.07) is 12.0. The summed E-state index contributed by atoms with van der Waals surface area (Å²) in [5.41, 5.74) is 1.95. The Labute approximate surface area is 136 Å². The predicted octanol–water partition coefficient (Wildman–Crippen LogP) is 2.08. The predicted molar refractivity (Wildman–Crippen MR) is 89.5 cm³/mol. The van der Waals surface area contributed by atoms with Gasteiger partial charge in [-0.25, -0.2) is 4.98 Å². The molecule has 0 bridgehead atoms. The zero-order chi connectivity index (χ0) is 16.2. The van der Waals surface area contributed by atoms with Gasteiger partial charge >= 0.3 is 0 Å². The third-order valence-electron chi connectivity index (χ3n) is 4.31. The molecule has 1 aliphatic heterocycles. The average Bonchev–Trinajstić information content (AvgIpc) is 2.54. The van der Waals surface area contributed by atoms with E-state index in [1.807, 2.05) is 13.0 Å². The Morgan fingerprint density at radius 3 is 2.91 bits per heavy atom. The van der Waals surface area contributed by atoms with Gasteiger partial charge < -0.3 is 9.72 Å². The Hall–Kier alpha value is -1.98. The number of ether oxygens (including phenoxy) is 1. The number of morpholine rings is 1. The van der Waals surface area contributed by atoms with Crippen LogP contribution in [0.3, 0.4) is 0 Å². The van der Waals surface area contributed by atoms with Crippen LogP contribution < -0.4 is 5.56 Å². The Bertz CT molecular complexity index is 699. The third-order valence-corrected chi connectivity index (χ3v) is 4.31. The second-order valence-electron chi connectivity index (χ2n) is 6.13. The minimum absolute atomic E-state index is 0.0739. The smallest absolute Gasteiger partial charge is 0.251 e. The standard InChI is InChI=1S/C18H23N3O2/c1-13-10-17(22)20-18(19-13)14(2)21-8-9-23-16(12-21)11-15-6-4-3-5-7-15/h3-7,10,14,16H,8-9,11-12H2,1-2H3,(H,19,20,22). The van der Waals surface area contributed by atoms with Gasteiger partial charge in [-0.1, -0.05) is 30.3 Å². The van der Waals surface area contributed by atoms with Crippen molar-refractivity contribution >= 4 is 0 Å². The van der Waals surface area contributed by atoms with E-state index < -0.39 is 0 Å². The zero-order valence-electron chi connectivity index (χ0n) is 13.7. The largest absolute Gasteiger partial charge is 0.375 e. The van der Waals surface area contributed by atoms with Gasteiger partial charge in [-0.3, -0.25) is 9.69 Å². The highest BCUT2D eigenvalue weighted by molar-refractivity contribution is 5.16. The number of nitrogens with one attached hydrogen (secondary N) is 1. The molecule has 1 aromatic carbocycles. The first kappa shape index (κ1) is 15.9. The molecule has 0 radical (unpaired) electrons. The van der Waals surface area contributed by atoms with Crippen LogP contribution in [-0.4, -0.2) is 40.7 Å². The molecule has 0 aliphatic carbocycles. The number of H-pyrrole nitrogens is 1. The van der Waals surface area contributed by atoms with Crippen LogP contribution in [0.2, 0.25) is 0 Å². The van der Waals surface area contributed by atoms with Gasteiger partial charge in [0.2, 0.25) is 0 Å². The van der Waals surface area contributed by atoms with E-state index in [9.17, 15) is 4.79 Å². The summed E-state index contributed by atoms with van der Waals surface area (Å²) in [6.07, 6.45) is 1.08. The molecular weight excluding hydrogens is 290 g/mol. The molecule has 2 heterocycles. The summed E-state index contributed by atoms with van der Waals surface area (Å²) in [5.74, 6) is 0.732. The number of aromatic amines is 1. The van der Waals surface area contributed by atoms with Gasteiger partial charge in [0.15, 0.2) is 0 Å². The number of aromatic nitrogens is 2. The highest BCUT2D eigenvalue weighted by Crippen LogP contribution is 2.21. The molecule has 2 aromatic rings. The number of aryl methyl sites for hydroxylation is 1. The lowest BCUT2D eigenvalue weighted by Gasteiger charge is -2.36. The maximum Gasteiger partial charge on any atom is 0.251 e. The average molecular weight is 313 g/mol. The zero-order valence-corrected chi connectivity index (χ0v) is 13.7. The van der Waals surface area contributed by atoms with Crippen LogP contribution in [-0.2, 0) is 11.2 Å². The fraction of sp³-hybridized carbons (Fsp3) is 0.444. The maximum absolute atomic E-state index is 11.7. The van der Waals surface area contributed by atoms with Gasteiger partial charge in [-0.05, 0) is 25.8 Å². The van der Waals surface area contributed by atoms with E-state index in [1.54, 1.807) is 0 Å². The first-order valence-electron chi connectivity index (χ1n) is 8.09. The van der Waals surface area contributed by atoms with Crippen LogP contribution in [0.1, 0.15) is 30.0 Å². The molecule has 1 aromatic heterocycles. The number of benzene rings is 1. The van der Waals surface area contributed by atoms with E-state index in [2.05, 4.69) is 46.1 Å². The molecule has 2 atom stereocenters. The van der Waals surface area contributed by atoms with E-state index in [4.69, 9.17) is 4.74 Å². The number of hydrogen-bond acceptors (Lipinski definition) is 4. The molecule has 0 saturated carbocycles. The van der Waals surface area contributed by atoms with Crippen LogP contribution in [0.4, 0.5) is 0 Å². The normalized spacial score (nSPS) is 20.3. The molecular formula is C18H23N3O2. The van der Waals surface area contributed by atoms with E-state index in [0.29, 0.717) is 6.61 Å². The van der Waals surface area contributed by atoms with E-state index >= 15 is 0 Å². The molecule has 1 fully saturated rings. The van der Waals surface area contributed by atoms with E-state index in [0.717, 1.165) is 31.0 Å². The van der Waals surface area contributed by atoms with Gasteiger partial charge in [-0.15, -0.1) is 0 Å². The van der Waals surface area contributed by atoms with Crippen LogP contribution >= 0.6 is 0 Å². The lowest BCUT2D eigenvalue weighted by Crippen LogP contribution is -2.45. The van der Waals surface area contributed by atoms with Gasteiger partial charge in [-0.2, -0.15) is 0 Å².